The number of fused-ring (bicyclic) bond motifs is 1. The normalized spacial score (nSPS) is 11.0. The molecule has 0 aliphatic heterocycles. The molecule has 0 saturated heterocycles. The number of hydrogen-bond donors (Lipinski definition) is 0. The highest BCUT2D eigenvalue weighted by Crippen LogP contribution is 2.24. The third kappa shape index (κ3) is 2.40. The quantitative estimate of drug-likeness (QED) is 0.583. The van der Waals surface area contributed by atoms with Gasteiger partial charge in [0.1, 0.15) is 6.33 Å². The lowest BCUT2D eigenvalue weighted by atomic mass is 10.1. The monoisotopic (exact) mass is 316 g/mol. The van der Waals surface area contributed by atoms with Crippen molar-refractivity contribution in [2.75, 3.05) is 0 Å². The molecule has 5 heteroatoms. The third-order valence-electron chi connectivity index (χ3n) is 4.11. The van der Waals surface area contributed by atoms with E-state index in [1.807, 2.05) is 55.8 Å². The highest BCUT2D eigenvalue weighted by atomic mass is 16.1. The first kappa shape index (κ1) is 14.4. The van der Waals surface area contributed by atoms with Gasteiger partial charge in [0.25, 0.3) is 0 Å². The van der Waals surface area contributed by atoms with Crippen LogP contribution in [-0.4, -0.2) is 19.1 Å². The Morgan fingerprint density at radius 3 is 2.62 bits per heavy atom. The lowest BCUT2D eigenvalue weighted by molar-refractivity contribution is 0.700. The maximum Gasteiger partial charge on any atom is 0.347 e. The van der Waals surface area contributed by atoms with Crippen LogP contribution in [0.1, 0.15) is 6.92 Å². The Morgan fingerprint density at radius 1 is 1.00 bits per heavy atom. The Bertz CT molecular complexity index is 1060. The molecule has 24 heavy (non-hydrogen) atoms. The van der Waals surface area contributed by atoms with E-state index in [0.29, 0.717) is 6.54 Å². The standard InChI is InChI=1S/C19H16N4O/c1-2-22-12-15(11-20-19(22)24)14-8-9-18-17(10-14)21-13-23(18)16-6-4-3-5-7-16/h3-13H,2H2,1H3. The van der Waals surface area contributed by atoms with Crippen LogP contribution in [0.15, 0.2) is 72.0 Å². The molecule has 0 N–H and O–H groups in total. The molecule has 2 heterocycles. The highest BCUT2D eigenvalue weighted by molar-refractivity contribution is 5.83. The highest BCUT2D eigenvalue weighted by Gasteiger charge is 2.07. The molecule has 0 aliphatic rings. The fourth-order valence-electron chi connectivity index (χ4n) is 2.82. The molecule has 0 spiro atoms. The molecule has 118 valence electrons. The zero-order valence-corrected chi connectivity index (χ0v) is 13.3. The van der Waals surface area contributed by atoms with Crippen molar-refractivity contribution in [1.29, 1.82) is 0 Å². The first-order chi connectivity index (χ1) is 11.8. The van der Waals surface area contributed by atoms with Crippen molar-refractivity contribution in [3.05, 3.63) is 77.7 Å². The van der Waals surface area contributed by atoms with Gasteiger partial charge in [-0.3, -0.25) is 9.13 Å². The van der Waals surface area contributed by atoms with Gasteiger partial charge in [-0.1, -0.05) is 24.3 Å². The molecule has 0 amide bonds. The molecular formula is C19H16N4O. The summed E-state index contributed by atoms with van der Waals surface area (Å²) in [5.41, 5.74) is 4.71. The van der Waals surface area contributed by atoms with Gasteiger partial charge in [-0.25, -0.2) is 14.8 Å². The van der Waals surface area contributed by atoms with Crippen LogP contribution in [0, 0.1) is 0 Å². The van der Waals surface area contributed by atoms with E-state index in [1.165, 1.54) is 0 Å². The predicted molar refractivity (Wildman–Crippen MR) is 94.2 cm³/mol. The third-order valence-corrected chi connectivity index (χ3v) is 4.11. The van der Waals surface area contributed by atoms with Crippen molar-refractivity contribution in [1.82, 2.24) is 19.1 Å². The van der Waals surface area contributed by atoms with Crippen LogP contribution in [0.5, 0.6) is 0 Å². The Balaban J connectivity index is 1.82. The summed E-state index contributed by atoms with van der Waals surface area (Å²) in [6, 6.07) is 16.2. The van der Waals surface area contributed by atoms with E-state index >= 15 is 0 Å². The lowest BCUT2D eigenvalue weighted by Crippen LogP contribution is -2.21. The minimum absolute atomic E-state index is 0.226. The topological polar surface area (TPSA) is 52.7 Å². The second-order valence-corrected chi connectivity index (χ2v) is 5.56. The smallest absolute Gasteiger partial charge is 0.299 e. The fraction of sp³-hybridized carbons (Fsp3) is 0.105. The molecule has 5 nitrogen and oxygen atoms in total. The van der Waals surface area contributed by atoms with Gasteiger partial charge in [-0.05, 0) is 36.8 Å². The fourth-order valence-corrected chi connectivity index (χ4v) is 2.82. The summed E-state index contributed by atoms with van der Waals surface area (Å²) >= 11 is 0. The summed E-state index contributed by atoms with van der Waals surface area (Å²) in [7, 11) is 0. The van der Waals surface area contributed by atoms with Crippen LogP contribution < -0.4 is 5.69 Å². The van der Waals surface area contributed by atoms with Crippen molar-refractivity contribution < 1.29 is 0 Å². The van der Waals surface area contributed by atoms with Crippen molar-refractivity contribution >= 4 is 11.0 Å². The molecule has 0 saturated carbocycles. The second kappa shape index (κ2) is 5.77. The molecule has 4 rings (SSSR count). The zero-order valence-electron chi connectivity index (χ0n) is 13.3. The first-order valence-corrected chi connectivity index (χ1v) is 7.85. The van der Waals surface area contributed by atoms with E-state index in [0.717, 1.165) is 27.8 Å². The summed E-state index contributed by atoms with van der Waals surface area (Å²) in [5.74, 6) is 0. The number of aromatic nitrogens is 4. The first-order valence-electron chi connectivity index (χ1n) is 7.85. The molecule has 0 bridgehead atoms. The van der Waals surface area contributed by atoms with Crippen molar-refractivity contribution in [3.63, 3.8) is 0 Å². The molecule has 2 aromatic carbocycles. The van der Waals surface area contributed by atoms with Crippen LogP contribution in [0.2, 0.25) is 0 Å². The number of para-hydroxylation sites is 1. The number of hydrogen-bond acceptors (Lipinski definition) is 3. The maximum absolute atomic E-state index is 11.6. The van der Waals surface area contributed by atoms with Crippen LogP contribution in [0.4, 0.5) is 0 Å². The molecule has 4 aromatic rings. The summed E-state index contributed by atoms with van der Waals surface area (Å²) in [5, 5.41) is 0. The number of imidazole rings is 1. The van der Waals surface area contributed by atoms with Crippen LogP contribution in [0.25, 0.3) is 27.8 Å². The zero-order chi connectivity index (χ0) is 16.5. The second-order valence-electron chi connectivity index (χ2n) is 5.56. The summed E-state index contributed by atoms with van der Waals surface area (Å²) in [6.07, 6.45) is 5.28. The van der Waals surface area contributed by atoms with E-state index < -0.39 is 0 Å². The molecule has 0 atom stereocenters. The molecule has 0 radical (unpaired) electrons. The Hall–Kier alpha value is -3.21. The molecule has 0 aliphatic carbocycles. The Kier molecular flexibility index (Phi) is 3.46. The van der Waals surface area contributed by atoms with Gasteiger partial charge in [0.15, 0.2) is 0 Å². The number of benzene rings is 2. The van der Waals surface area contributed by atoms with E-state index in [4.69, 9.17) is 0 Å². The van der Waals surface area contributed by atoms with E-state index in [2.05, 4.69) is 26.7 Å². The van der Waals surface area contributed by atoms with Crippen LogP contribution in [0.3, 0.4) is 0 Å². The average molecular weight is 316 g/mol. The average Bonchev–Trinajstić information content (AvgIpc) is 3.06. The number of nitrogens with zero attached hydrogens (tertiary/aromatic N) is 4. The van der Waals surface area contributed by atoms with Gasteiger partial charge in [0.2, 0.25) is 0 Å². The molecule has 0 fully saturated rings. The van der Waals surface area contributed by atoms with Gasteiger partial charge in [-0.15, -0.1) is 0 Å². The van der Waals surface area contributed by atoms with Gasteiger partial charge in [-0.2, -0.15) is 0 Å². The summed E-state index contributed by atoms with van der Waals surface area (Å²) in [6.45, 7) is 2.53. The molecule has 2 aromatic heterocycles. The predicted octanol–water partition coefficient (Wildman–Crippen LogP) is 3.27. The van der Waals surface area contributed by atoms with Gasteiger partial charge < -0.3 is 0 Å². The molecular weight excluding hydrogens is 300 g/mol. The van der Waals surface area contributed by atoms with Gasteiger partial charge in [0, 0.05) is 30.2 Å². The largest absolute Gasteiger partial charge is 0.347 e. The SMILES string of the molecule is CCn1cc(-c2ccc3c(c2)ncn3-c2ccccc2)cnc1=O. The maximum atomic E-state index is 11.6. The van der Waals surface area contributed by atoms with Gasteiger partial charge in [0.05, 0.1) is 11.0 Å². The minimum Gasteiger partial charge on any atom is -0.299 e. The molecule has 0 unspecified atom stereocenters. The van der Waals surface area contributed by atoms with Crippen LogP contribution >= 0.6 is 0 Å². The number of aryl methyl sites for hydroxylation is 1. The van der Waals surface area contributed by atoms with E-state index in [-0.39, 0.29) is 5.69 Å². The van der Waals surface area contributed by atoms with E-state index in [1.54, 1.807) is 10.8 Å². The van der Waals surface area contributed by atoms with Crippen molar-refractivity contribution in [2.24, 2.45) is 0 Å². The number of rotatable bonds is 3. The van der Waals surface area contributed by atoms with Crippen molar-refractivity contribution in [3.8, 4) is 16.8 Å². The van der Waals surface area contributed by atoms with Gasteiger partial charge >= 0.3 is 5.69 Å². The van der Waals surface area contributed by atoms with Crippen molar-refractivity contribution in [2.45, 2.75) is 13.5 Å². The lowest BCUT2D eigenvalue weighted by Gasteiger charge is -2.07. The minimum atomic E-state index is -0.226. The Morgan fingerprint density at radius 2 is 1.83 bits per heavy atom. The Labute approximate surface area is 138 Å². The van der Waals surface area contributed by atoms with E-state index in [9.17, 15) is 4.79 Å². The van der Waals surface area contributed by atoms with Crippen LogP contribution in [-0.2, 0) is 6.54 Å². The summed E-state index contributed by atoms with van der Waals surface area (Å²) in [4.78, 5) is 20.1. The summed E-state index contributed by atoms with van der Waals surface area (Å²) < 4.78 is 3.66.